The zero-order chi connectivity index (χ0) is 10.7. The lowest BCUT2D eigenvalue weighted by atomic mass is 10.1. The Bertz CT molecular complexity index is 390. The first-order chi connectivity index (χ1) is 6.61. The van der Waals surface area contributed by atoms with Gasteiger partial charge in [-0.15, -0.1) is 0 Å². The Morgan fingerprint density at radius 3 is 2.71 bits per heavy atom. The van der Waals surface area contributed by atoms with E-state index in [2.05, 4.69) is 4.98 Å². The highest BCUT2D eigenvalue weighted by atomic mass is 127. The van der Waals surface area contributed by atoms with Crippen LogP contribution in [0, 0.1) is 15.0 Å². The number of nitrogens with zero attached hydrogens (tertiary/aromatic N) is 2. The molecule has 0 saturated carbocycles. The molecule has 0 unspecified atom stereocenters. The lowest BCUT2D eigenvalue weighted by Crippen LogP contribution is -2.02. The first-order valence-corrected chi connectivity index (χ1v) is 4.66. The first-order valence-electron chi connectivity index (χ1n) is 3.58. The quantitative estimate of drug-likeness (QED) is 0.671. The topological polar surface area (TPSA) is 56.9 Å². The minimum Gasteiger partial charge on any atom is -0.392 e. The van der Waals surface area contributed by atoms with Crippen LogP contribution in [-0.4, -0.2) is 10.1 Å². The van der Waals surface area contributed by atoms with Crippen LogP contribution in [0.1, 0.15) is 23.1 Å². The van der Waals surface area contributed by atoms with Crippen LogP contribution in [0.2, 0.25) is 0 Å². The van der Waals surface area contributed by atoms with Crippen LogP contribution in [0.4, 0.5) is 8.78 Å². The number of halogens is 3. The third kappa shape index (κ3) is 1.99. The second-order valence-electron chi connectivity index (χ2n) is 2.43. The normalized spacial score (nSPS) is 10.3. The number of pyridine rings is 1. The summed E-state index contributed by atoms with van der Waals surface area (Å²) in [7, 11) is 0. The smallest absolute Gasteiger partial charge is 0.267 e. The second kappa shape index (κ2) is 4.61. The largest absolute Gasteiger partial charge is 0.392 e. The van der Waals surface area contributed by atoms with Crippen molar-refractivity contribution in [3.8, 4) is 6.07 Å². The summed E-state index contributed by atoms with van der Waals surface area (Å²) in [6, 6.07) is 1.65. The van der Waals surface area contributed by atoms with Gasteiger partial charge in [0.2, 0.25) is 0 Å². The molecule has 0 aliphatic rings. The maximum atomic E-state index is 12.5. The van der Waals surface area contributed by atoms with E-state index in [0.717, 1.165) is 0 Å². The number of rotatable bonds is 2. The Labute approximate surface area is 92.5 Å². The third-order valence-corrected chi connectivity index (χ3v) is 2.51. The van der Waals surface area contributed by atoms with Crippen LogP contribution in [-0.2, 0) is 6.61 Å². The Morgan fingerprint density at radius 2 is 2.29 bits per heavy atom. The summed E-state index contributed by atoms with van der Waals surface area (Å²) in [5.41, 5.74) is -0.454. The van der Waals surface area contributed by atoms with Gasteiger partial charge in [0.1, 0.15) is 9.77 Å². The number of hydrogen-bond acceptors (Lipinski definition) is 3. The van der Waals surface area contributed by atoms with Gasteiger partial charge in [-0.1, -0.05) is 0 Å². The Hall–Kier alpha value is -0.810. The van der Waals surface area contributed by atoms with Gasteiger partial charge >= 0.3 is 0 Å². The molecular formula is C8H5F2IN2O. The van der Waals surface area contributed by atoms with Gasteiger partial charge < -0.3 is 5.11 Å². The van der Waals surface area contributed by atoms with E-state index in [9.17, 15) is 8.78 Å². The van der Waals surface area contributed by atoms with Gasteiger partial charge in [-0.05, 0) is 22.6 Å². The molecule has 0 fully saturated rings. The average molecular weight is 310 g/mol. The van der Waals surface area contributed by atoms with E-state index in [-0.39, 0.29) is 14.8 Å². The summed E-state index contributed by atoms with van der Waals surface area (Å²) in [5.74, 6) is 0. The van der Waals surface area contributed by atoms with Crippen molar-refractivity contribution in [2.24, 2.45) is 0 Å². The lowest BCUT2D eigenvalue weighted by Gasteiger charge is -2.07. The van der Waals surface area contributed by atoms with Crippen LogP contribution in [0.25, 0.3) is 0 Å². The fraction of sp³-hybridized carbons (Fsp3) is 0.250. The van der Waals surface area contributed by atoms with Crippen molar-refractivity contribution in [2.45, 2.75) is 13.0 Å². The van der Waals surface area contributed by atoms with Crippen molar-refractivity contribution < 1.29 is 13.9 Å². The molecule has 1 aromatic heterocycles. The third-order valence-electron chi connectivity index (χ3n) is 1.65. The minimum atomic E-state index is -2.75. The molecule has 1 rings (SSSR count). The van der Waals surface area contributed by atoms with Gasteiger partial charge in [0, 0.05) is 11.8 Å². The van der Waals surface area contributed by atoms with E-state index in [4.69, 9.17) is 10.4 Å². The molecule has 0 bridgehead atoms. The first kappa shape index (κ1) is 11.3. The van der Waals surface area contributed by atoms with Gasteiger partial charge in [0.05, 0.1) is 17.7 Å². The van der Waals surface area contributed by atoms with Crippen molar-refractivity contribution in [3.05, 3.63) is 26.6 Å². The number of hydrogen-bond donors (Lipinski definition) is 1. The van der Waals surface area contributed by atoms with Gasteiger partial charge in [-0.3, -0.25) is 0 Å². The highest BCUT2D eigenvalue weighted by Crippen LogP contribution is 2.28. The molecule has 3 nitrogen and oxygen atoms in total. The number of aliphatic hydroxyl groups is 1. The second-order valence-corrected chi connectivity index (χ2v) is 3.46. The zero-order valence-electron chi connectivity index (χ0n) is 6.84. The molecule has 0 radical (unpaired) electrons. The summed E-state index contributed by atoms with van der Waals surface area (Å²) in [6.07, 6.45) is -1.53. The average Bonchev–Trinajstić information content (AvgIpc) is 2.16. The van der Waals surface area contributed by atoms with Crippen LogP contribution in [0.3, 0.4) is 0 Å². The highest BCUT2D eigenvalue weighted by molar-refractivity contribution is 14.1. The van der Waals surface area contributed by atoms with Gasteiger partial charge in [0.15, 0.2) is 0 Å². The standard InChI is InChI=1S/C8H5F2IN2O/c9-7(10)6-5(1-12)4(3-14)2-13-8(6)11/h2,7,14H,3H2. The SMILES string of the molecule is N#Cc1c(CO)cnc(I)c1C(F)F. The highest BCUT2D eigenvalue weighted by Gasteiger charge is 2.20. The maximum absolute atomic E-state index is 12.5. The van der Waals surface area contributed by atoms with E-state index in [1.165, 1.54) is 6.20 Å². The van der Waals surface area contributed by atoms with Crippen molar-refractivity contribution >= 4 is 22.6 Å². The Balaban J connectivity index is 3.45. The molecular weight excluding hydrogens is 305 g/mol. The molecule has 0 saturated heterocycles. The summed E-state index contributed by atoms with van der Waals surface area (Å²) in [6.45, 7) is -0.466. The van der Waals surface area contributed by atoms with Crippen molar-refractivity contribution in [2.75, 3.05) is 0 Å². The number of aliphatic hydroxyl groups excluding tert-OH is 1. The Morgan fingerprint density at radius 1 is 1.64 bits per heavy atom. The van der Waals surface area contributed by atoms with Gasteiger partial charge in [-0.25, -0.2) is 13.8 Å². The summed E-state index contributed by atoms with van der Waals surface area (Å²) in [4.78, 5) is 3.68. The molecule has 14 heavy (non-hydrogen) atoms. The summed E-state index contributed by atoms with van der Waals surface area (Å²) >= 11 is 1.63. The van der Waals surface area contributed by atoms with Crippen LogP contribution < -0.4 is 0 Å². The molecule has 0 aliphatic carbocycles. The molecule has 0 aromatic carbocycles. The van der Waals surface area contributed by atoms with Crippen LogP contribution >= 0.6 is 22.6 Å². The van der Waals surface area contributed by atoms with E-state index < -0.39 is 18.6 Å². The van der Waals surface area contributed by atoms with Crippen molar-refractivity contribution in [1.29, 1.82) is 5.26 Å². The molecule has 74 valence electrons. The number of nitriles is 1. The lowest BCUT2D eigenvalue weighted by molar-refractivity contribution is 0.149. The minimum absolute atomic E-state index is 0.0892. The predicted molar refractivity (Wildman–Crippen MR) is 52.5 cm³/mol. The van der Waals surface area contributed by atoms with Crippen LogP contribution in [0.5, 0.6) is 0 Å². The van der Waals surface area contributed by atoms with Crippen molar-refractivity contribution in [3.63, 3.8) is 0 Å². The van der Waals surface area contributed by atoms with E-state index in [1.54, 1.807) is 28.7 Å². The molecule has 1 heterocycles. The molecule has 0 atom stereocenters. The molecule has 1 aromatic rings. The predicted octanol–water partition coefficient (Wildman–Crippen LogP) is 1.99. The van der Waals surface area contributed by atoms with Crippen LogP contribution in [0.15, 0.2) is 6.20 Å². The maximum Gasteiger partial charge on any atom is 0.267 e. The number of alkyl halides is 2. The van der Waals surface area contributed by atoms with Gasteiger partial charge in [0.25, 0.3) is 6.43 Å². The van der Waals surface area contributed by atoms with Gasteiger partial charge in [-0.2, -0.15) is 5.26 Å². The monoisotopic (exact) mass is 310 g/mol. The fourth-order valence-corrected chi connectivity index (χ4v) is 1.64. The van der Waals surface area contributed by atoms with E-state index >= 15 is 0 Å². The zero-order valence-corrected chi connectivity index (χ0v) is 8.99. The summed E-state index contributed by atoms with van der Waals surface area (Å²) < 4.78 is 25.1. The van der Waals surface area contributed by atoms with Crippen molar-refractivity contribution in [1.82, 2.24) is 4.98 Å². The molecule has 0 aliphatic heterocycles. The fourth-order valence-electron chi connectivity index (χ4n) is 0.996. The van der Waals surface area contributed by atoms with E-state index in [1.807, 2.05) is 0 Å². The Kier molecular flexibility index (Phi) is 3.71. The molecule has 6 heteroatoms. The molecule has 0 spiro atoms. The molecule has 1 N–H and O–H groups in total. The number of aromatic nitrogens is 1. The molecule has 0 amide bonds. The summed E-state index contributed by atoms with van der Waals surface area (Å²) in [5, 5.41) is 17.5. The van der Waals surface area contributed by atoms with E-state index in [0.29, 0.717) is 0 Å².